The van der Waals surface area contributed by atoms with Crippen LogP contribution in [0.1, 0.15) is 26.5 Å². The van der Waals surface area contributed by atoms with Gasteiger partial charge >= 0.3 is 0 Å². The van der Waals surface area contributed by atoms with Gasteiger partial charge in [-0.3, -0.25) is 9.89 Å². The standard InChI is InChI=1S/C13H12BrF3N2O/c1-13(2,3)11-10(14)12(20)19(18-11)9-5-7(16)6(15)4-8(9)17/h4-5,18H,1-3H3. The van der Waals surface area contributed by atoms with Crippen LogP contribution < -0.4 is 5.56 Å². The molecule has 0 aliphatic carbocycles. The highest BCUT2D eigenvalue weighted by molar-refractivity contribution is 9.10. The minimum atomic E-state index is -1.30. The van der Waals surface area contributed by atoms with Crippen molar-refractivity contribution in [2.24, 2.45) is 0 Å². The molecule has 108 valence electrons. The van der Waals surface area contributed by atoms with Crippen molar-refractivity contribution in [3.8, 4) is 5.69 Å². The van der Waals surface area contributed by atoms with Crippen LogP contribution in [0.15, 0.2) is 21.4 Å². The highest BCUT2D eigenvalue weighted by Gasteiger charge is 2.25. The zero-order chi connectivity index (χ0) is 15.2. The molecule has 20 heavy (non-hydrogen) atoms. The van der Waals surface area contributed by atoms with Crippen LogP contribution >= 0.6 is 15.9 Å². The number of benzene rings is 1. The topological polar surface area (TPSA) is 37.8 Å². The number of aromatic amines is 1. The molecule has 0 aliphatic rings. The second-order valence-electron chi connectivity index (χ2n) is 5.41. The van der Waals surface area contributed by atoms with E-state index >= 15 is 0 Å². The van der Waals surface area contributed by atoms with Crippen LogP contribution in [0.4, 0.5) is 13.2 Å². The molecule has 2 rings (SSSR count). The van der Waals surface area contributed by atoms with Gasteiger partial charge in [0.15, 0.2) is 17.5 Å². The van der Waals surface area contributed by atoms with Crippen molar-refractivity contribution in [2.75, 3.05) is 0 Å². The lowest BCUT2D eigenvalue weighted by molar-refractivity contribution is 0.490. The Morgan fingerprint density at radius 3 is 2.15 bits per heavy atom. The van der Waals surface area contributed by atoms with Crippen LogP contribution in [-0.2, 0) is 5.41 Å². The normalized spacial score (nSPS) is 11.9. The molecule has 2 aromatic rings. The van der Waals surface area contributed by atoms with Gasteiger partial charge in [-0.25, -0.2) is 17.9 Å². The Kier molecular flexibility index (Phi) is 3.58. The fourth-order valence-corrected chi connectivity index (χ4v) is 2.63. The van der Waals surface area contributed by atoms with Crippen molar-refractivity contribution in [1.82, 2.24) is 9.78 Å². The average Bonchev–Trinajstić information content (AvgIpc) is 2.61. The zero-order valence-corrected chi connectivity index (χ0v) is 12.6. The predicted molar refractivity (Wildman–Crippen MR) is 72.7 cm³/mol. The third-order valence-electron chi connectivity index (χ3n) is 2.81. The van der Waals surface area contributed by atoms with E-state index in [2.05, 4.69) is 21.0 Å². The summed E-state index contributed by atoms with van der Waals surface area (Å²) in [5, 5.41) is 2.72. The molecule has 1 N–H and O–H groups in total. The SMILES string of the molecule is CC(C)(C)c1[nH]n(-c2cc(F)c(F)cc2F)c(=O)c1Br. The first-order valence-corrected chi connectivity index (χ1v) is 6.58. The van der Waals surface area contributed by atoms with E-state index in [1.54, 1.807) is 0 Å². The number of hydrogen-bond acceptors (Lipinski definition) is 1. The van der Waals surface area contributed by atoms with Gasteiger partial charge in [-0.1, -0.05) is 20.8 Å². The van der Waals surface area contributed by atoms with Crippen LogP contribution in [0, 0.1) is 17.5 Å². The van der Waals surface area contributed by atoms with Gasteiger partial charge in [0.05, 0.1) is 5.69 Å². The van der Waals surface area contributed by atoms with Crippen molar-refractivity contribution in [3.63, 3.8) is 0 Å². The zero-order valence-electron chi connectivity index (χ0n) is 11.0. The largest absolute Gasteiger partial charge is 0.293 e. The average molecular weight is 349 g/mol. The third kappa shape index (κ3) is 2.42. The lowest BCUT2D eigenvalue weighted by Crippen LogP contribution is -2.16. The van der Waals surface area contributed by atoms with Gasteiger partial charge in [0.25, 0.3) is 5.56 Å². The number of hydrogen-bond donors (Lipinski definition) is 1. The van der Waals surface area contributed by atoms with Crippen molar-refractivity contribution >= 4 is 15.9 Å². The molecule has 0 fully saturated rings. The van der Waals surface area contributed by atoms with Gasteiger partial charge in [0.2, 0.25) is 0 Å². The van der Waals surface area contributed by atoms with Gasteiger partial charge < -0.3 is 0 Å². The van der Waals surface area contributed by atoms with Crippen molar-refractivity contribution in [3.05, 3.63) is 50.1 Å². The maximum absolute atomic E-state index is 13.7. The molecular weight excluding hydrogens is 337 g/mol. The summed E-state index contributed by atoms with van der Waals surface area (Å²) in [6.45, 7) is 5.57. The number of nitrogens with zero attached hydrogens (tertiary/aromatic N) is 1. The molecule has 0 unspecified atom stereocenters. The Morgan fingerprint density at radius 2 is 1.65 bits per heavy atom. The first kappa shape index (κ1) is 14.9. The van der Waals surface area contributed by atoms with E-state index < -0.39 is 28.4 Å². The molecule has 0 saturated heterocycles. The summed E-state index contributed by atoms with van der Waals surface area (Å²) in [7, 11) is 0. The number of halogens is 4. The second-order valence-corrected chi connectivity index (χ2v) is 6.20. The Bertz CT molecular complexity index is 728. The summed E-state index contributed by atoms with van der Waals surface area (Å²) in [6.07, 6.45) is 0. The van der Waals surface area contributed by atoms with Gasteiger partial charge in [-0.05, 0) is 15.9 Å². The van der Waals surface area contributed by atoms with Gasteiger partial charge in [0.1, 0.15) is 10.2 Å². The van der Waals surface area contributed by atoms with Crippen molar-refractivity contribution < 1.29 is 13.2 Å². The minimum absolute atomic E-state index is 0.231. The summed E-state index contributed by atoms with van der Waals surface area (Å²) in [5.41, 5.74) is -0.810. The van der Waals surface area contributed by atoms with Crippen LogP contribution in [0.5, 0.6) is 0 Å². The van der Waals surface area contributed by atoms with E-state index in [0.29, 0.717) is 17.8 Å². The molecule has 0 amide bonds. The molecule has 1 aromatic carbocycles. The van der Waals surface area contributed by atoms with Gasteiger partial charge in [-0.15, -0.1) is 0 Å². The molecule has 0 aliphatic heterocycles. The first-order chi connectivity index (χ1) is 9.12. The van der Waals surface area contributed by atoms with Gasteiger partial charge in [-0.2, -0.15) is 0 Å². The highest BCUT2D eigenvalue weighted by Crippen LogP contribution is 2.27. The van der Waals surface area contributed by atoms with Crippen molar-refractivity contribution in [2.45, 2.75) is 26.2 Å². The van der Waals surface area contributed by atoms with Crippen molar-refractivity contribution in [1.29, 1.82) is 0 Å². The Hall–Kier alpha value is -1.50. The predicted octanol–water partition coefficient (Wildman–Crippen LogP) is 3.64. The summed E-state index contributed by atoms with van der Waals surface area (Å²) in [5.74, 6) is -3.56. The van der Waals surface area contributed by atoms with E-state index in [1.807, 2.05) is 20.8 Å². The molecule has 0 bridgehead atoms. The quantitative estimate of drug-likeness (QED) is 0.785. The molecule has 0 atom stereocenters. The number of nitrogens with one attached hydrogen (secondary N) is 1. The summed E-state index contributed by atoms with van der Waals surface area (Å²) < 4.78 is 41.0. The summed E-state index contributed by atoms with van der Waals surface area (Å²) in [6, 6.07) is 1.05. The molecule has 0 spiro atoms. The molecule has 1 aromatic heterocycles. The number of H-pyrrole nitrogens is 1. The maximum Gasteiger partial charge on any atom is 0.285 e. The maximum atomic E-state index is 13.7. The third-order valence-corrected chi connectivity index (χ3v) is 3.55. The van der Waals surface area contributed by atoms with Crippen LogP contribution in [0.2, 0.25) is 0 Å². The molecule has 3 nitrogen and oxygen atoms in total. The van der Waals surface area contributed by atoms with E-state index in [-0.39, 0.29) is 10.2 Å². The fourth-order valence-electron chi connectivity index (χ4n) is 1.77. The molecule has 0 radical (unpaired) electrons. The number of aromatic nitrogens is 2. The van der Waals surface area contributed by atoms with Crippen LogP contribution in [-0.4, -0.2) is 9.78 Å². The fraction of sp³-hybridized carbons (Fsp3) is 0.308. The smallest absolute Gasteiger partial charge is 0.285 e. The molecular formula is C13H12BrF3N2O. The molecule has 1 heterocycles. The second kappa shape index (κ2) is 4.80. The lowest BCUT2D eigenvalue weighted by Gasteiger charge is -2.16. The van der Waals surface area contributed by atoms with E-state index in [0.717, 1.165) is 4.68 Å². The Balaban J connectivity index is 2.72. The van der Waals surface area contributed by atoms with E-state index in [9.17, 15) is 18.0 Å². The van der Waals surface area contributed by atoms with Gasteiger partial charge in [0, 0.05) is 17.5 Å². The van der Waals surface area contributed by atoms with Crippen LogP contribution in [0.3, 0.4) is 0 Å². The number of rotatable bonds is 1. The van der Waals surface area contributed by atoms with E-state index in [1.165, 1.54) is 0 Å². The molecule has 7 heteroatoms. The lowest BCUT2D eigenvalue weighted by atomic mass is 9.93. The van der Waals surface area contributed by atoms with Crippen LogP contribution in [0.25, 0.3) is 5.69 Å². The van der Waals surface area contributed by atoms with E-state index in [4.69, 9.17) is 0 Å². The highest BCUT2D eigenvalue weighted by atomic mass is 79.9. The summed E-state index contributed by atoms with van der Waals surface area (Å²) >= 11 is 3.14. The molecule has 0 saturated carbocycles. The summed E-state index contributed by atoms with van der Waals surface area (Å²) in [4.78, 5) is 12.1. The Labute approximate surface area is 121 Å². The Morgan fingerprint density at radius 1 is 1.10 bits per heavy atom. The minimum Gasteiger partial charge on any atom is -0.293 e. The monoisotopic (exact) mass is 348 g/mol. The first-order valence-electron chi connectivity index (χ1n) is 5.79.